The molecule has 0 bridgehead atoms. The van der Waals surface area contributed by atoms with Crippen molar-refractivity contribution in [3.05, 3.63) is 34.4 Å². The molecule has 18 heavy (non-hydrogen) atoms. The monoisotopic (exact) mass is 249 g/mol. The number of anilines is 1. The summed E-state index contributed by atoms with van der Waals surface area (Å²) in [6, 6.07) is 6.69. The van der Waals surface area contributed by atoms with Crippen molar-refractivity contribution in [1.82, 2.24) is 4.90 Å². The molecule has 1 aliphatic heterocycles. The second kappa shape index (κ2) is 5.82. The molecule has 0 radical (unpaired) electrons. The second-order valence-corrected chi connectivity index (χ2v) is 4.96. The molecule has 1 N–H and O–H groups in total. The molecule has 1 aromatic carbocycles. The number of nitro groups is 1. The minimum absolute atomic E-state index is 0.140. The number of benzene rings is 1. The predicted molar refractivity (Wildman–Crippen MR) is 71.8 cm³/mol. The number of nitrogens with one attached hydrogen (secondary N) is 1. The van der Waals surface area contributed by atoms with Crippen molar-refractivity contribution in [2.45, 2.75) is 12.8 Å². The summed E-state index contributed by atoms with van der Waals surface area (Å²) in [6.07, 6.45) is 2.46. The number of hydrogen-bond donors (Lipinski definition) is 1. The van der Waals surface area contributed by atoms with Crippen molar-refractivity contribution in [2.24, 2.45) is 5.92 Å². The van der Waals surface area contributed by atoms with E-state index in [1.54, 1.807) is 12.1 Å². The second-order valence-electron chi connectivity index (χ2n) is 4.96. The van der Waals surface area contributed by atoms with Crippen molar-refractivity contribution in [1.29, 1.82) is 0 Å². The van der Waals surface area contributed by atoms with Gasteiger partial charge in [-0.2, -0.15) is 0 Å². The van der Waals surface area contributed by atoms with E-state index in [0.29, 0.717) is 5.92 Å². The van der Waals surface area contributed by atoms with Gasteiger partial charge in [-0.1, -0.05) is 6.07 Å². The van der Waals surface area contributed by atoms with E-state index in [9.17, 15) is 10.1 Å². The number of nitro benzene ring substituents is 1. The van der Waals surface area contributed by atoms with Crippen molar-refractivity contribution in [3.63, 3.8) is 0 Å². The lowest BCUT2D eigenvalue weighted by Gasteiger charge is -2.29. The van der Waals surface area contributed by atoms with Crippen molar-refractivity contribution in [3.8, 4) is 0 Å². The van der Waals surface area contributed by atoms with Crippen LogP contribution in [0, 0.1) is 16.0 Å². The molecule has 2 rings (SSSR count). The fourth-order valence-corrected chi connectivity index (χ4v) is 2.43. The number of likely N-dealkylation sites (tertiary alicyclic amines) is 1. The molecule has 1 heterocycles. The molecule has 0 amide bonds. The number of hydrogen-bond acceptors (Lipinski definition) is 4. The molecule has 1 unspecified atom stereocenters. The zero-order valence-electron chi connectivity index (χ0n) is 10.6. The Bertz CT molecular complexity index is 422. The van der Waals surface area contributed by atoms with Gasteiger partial charge in [0.15, 0.2) is 0 Å². The van der Waals surface area contributed by atoms with Crippen LogP contribution in [0.15, 0.2) is 24.3 Å². The molecule has 1 aliphatic rings. The lowest BCUT2D eigenvalue weighted by atomic mass is 9.98. The summed E-state index contributed by atoms with van der Waals surface area (Å²) in [7, 11) is 2.14. The largest absolute Gasteiger partial charge is 0.385 e. The zero-order chi connectivity index (χ0) is 13.0. The minimum atomic E-state index is -0.362. The summed E-state index contributed by atoms with van der Waals surface area (Å²) >= 11 is 0. The Labute approximate surface area is 107 Å². The molecule has 0 aromatic heterocycles. The van der Waals surface area contributed by atoms with Crippen LogP contribution in [0.25, 0.3) is 0 Å². The number of piperidine rings is 1. The summed E-state index contributed by atoms with van der Waals surface area (Å²) < 4.78 is 0. The summed E-state index contributed by atoms with van der Waals surface area (Å²) in [5.74, 6) is 0.628. The van der Waals surface area contributed by atoms with Gasteiger partial charge >= 0.3 is 0 Å². The van der Waals surface area contributed by atoms with Gasteiger partial charge in [0.05, 0.1) is 4.92 Å². The third kappa shape index (κ3) is 3.43. The summed E-state index contributed by atoms with van der Waals surface area (Å²) in [5.41, 5.74) is 0.971. The van der Waals surface area contributed by atoms with Gasteiger partial charge < -0.3 is 10.2 Å². The van der Waals surface area contributed by atoms with Gasteiger partial charge in [-0.15, -0.1) is 0 Å². The molecule has 98 valence electrons. The van der Waals surface area contributed by atoms with Crippen LogP contribution in [-0.4, -0.2) is 36.5 Å². The lowest BCUT2D eigenvalue weighted by Crippen LogP contribution is -2.35. The Hall–Kier alpha value is -1.62. The molecule has 0 spiro atoms. The van der Waals surface area contributed by atoms with Crippen LogP contribution < -0.4 is 5.32 Å². The zero-order valence-corrected chi connectivity index (χ0v) is 10.6. The summed E-state index contributed by atoms with van der Waals surface area (Å²) in [5, 5.41) is 14.0. The molecule has 1 atom stereocenters. The molecule has 1 fully saturated rings. The Morgan fingerprint density at radius 3 is 3.11 bits per heavy atom. The fourth-order valence-electron chi connectivity index (χ4n) is 2.43. The predicted octanol–water partition coefficient (Wildman–Crippen LogP) is 2.35. The van der Waals surface area contributed by atoms with Crippen LogP contribution in [0.1, 0.15) is 12.8 Å². The first-order chi connectivity index (χ1) is 8.65. The fraction of sp³-hybridized carbons (Fsp3) is 0.538. The minimum Gasteiger partial charge on any atom is -0.385 e. The van der Waals surface area contributed by atoms with E-state index in [4.69, 9.17) is 0 Å². The highest BCUT2D eigenvalue weighted by atomic mass is 16.6. The molecule has 5 heteroatoms. The maximum atomic E-state index is 10.7. The van der Waals surface area contributed by atoms with Crippen LogP contribution in [0.5, 0.6) is 0 Å². The normalized spacial score (nSPS) is 20.6. The average molecular weight is 249 g/mol. The van der Waals surface area contributed by atoms with E-state index < -0.39 is 0 Å². The summed E-state index contributed by atoms with van der Waals surface area (Å²) in [4.78, 5) is 12.6. The third-order valence-corrected chi connectivity index (χ3v) is 3.37. The van der Waals surface area contributed by atoms with Gasteiger partial charge in [0.1, 0.15) is 0 Å². The highest BCUT2D eigenvalue weighted by molar-refractivity contribution is 5.50. The van der Waals surface area contributed by atoms with Crippen molar-refractivity contribution < 1.29 is 4.92 Å². The van der Waals surface area contributed by atoms with Crippen LogP contribution >= 0.6 is 0 Å². The highest BCUT2D eigenvalue weighted by Gasteiger charge is 2.16. The molecular formula is C13H19N3O2. The lowest BCUT2D eigenvalue weighted by molar-refractivity contribution is -0.384. The van der Waals surface area contributed by atoms with Gasteiger partial charge in [0.2, 0.25) is 0 Å². The highest BCUT2D eigenvalue weighted by Crippen LogP contribution is 2.19. The van der Waals surface area contributed by atoms with Crippen LogP contribution in [0.4, 0.5) is 11.4 Å². The first-order valence-corrected chi connectivity index (χ1v) is 6.32. The van der Waals surface area contributed by atoms with Crippen LogP contribution in [0.3, 0.4) is 0 Å². The Morgan fingerprint density at radius 2 is 2.39 bits per heavy atom. The van der Waals surface area contributed by atoms with Gasteiger partial charge in [-0.05, 0) is 38.4 Å². The van der Waals surface area contributed by atoms with E-state index in [0.717, 1.165) is 18.8 Å². The summed E-state index contributed by atoms with van der Waals surface area (Å²) in [6.45, 7) is 3.15. The van der Waals surface area contributed by atoms with E-state index in [1.807, 2.05) is 6.07 Å². The third-order valence-electron chi connectivity index (χ3n) is 3.37. The SMILES string of the molecule is CN1CCCC(CNc2cccc([N+](=O)[O-])c2)C1. The van der Waals surface area contributed by atoms with Gasteiger partial charge in [-0.25, -0.2) is 0 Å². The molecule has 1 aromatic rings. The Morgan fingerprint density at radius 1 is 1.56 bits per heavy atom. The van der Waals surface area contributed by atoms with Gasteiger partial charge in [0, 0.05) is 30.9 Å². The number of rotatable bonds is 4. The van der Waals surface area contributed by atoms with E-state index in [2.05, 4.69) is 17.3 Å². The molecular weight excluding hydrogens is 230 g/mol. The molecule has 0 aliphatic carbocycles. The van der Waals surface area contributed by atoms with Gasteiger partial charge in [0.25, 0.3) is 5.69 Å². The molecule has 5 nitrogen and oxygen atoms in total. The van der Waals surface area contributed by atoms with Crippen molar-refractivity contribution in [2.75, 3.05) is 32.0 Å². The van der Waals surface area contributed by atoms with Gasteiger partial charge in [-0.3, -0.25) is 10.1 Å². The smallest absolute Gasteiger partial charge is 0.271 e. The van der Waals surface area contributed by atoms with E-state index in [1.165, 1.54) is 25.5 Å². The number of non-ortho nitro benzene ring substituents is 1. The molecule has 1 saturated heterocycles. The first-order valence-electron chi connectivity index (χ1n) is 6.32. The first kappa shape index (κ1) is 12.8. The standard InChI is InChI=1S/C13H19N3O2/c1-15-7-3-4-11(10-15)9-14-12-5-2-6-13(8-12)16(17)18/h2,5-6,8,11,14H,3-4,7,9-10H2,1H3. The van der Waals surface area contributed by atoms with E-state index >= 15 is 0 Å². The van der Waals surface area contributed by atoms with E-state index in [-0.39, 0.29) is 10.6 Å². The Kier molecular flexibility index (Phi) is 4.15. The average Bonchev–Trinajstić information content (AvgIpc) is 2.37. The molecule has 0 saturated carbocycles. The number of nitrogens with zero attached hydrogens (tertiary/aromatic N) is 2. The maximum absolute atomic E-state index is 10.7. The Balaban J connectivity index is 1.89. The van der Waals surface area contributed by atoms with Crippen molar-refractivity contribution >= 4 is 11.4 Å². The quantitative estimate of drug-likeness (QED) is 0.657. The maximum Gasteiger partial charge on any atom is 0.271 e. The van der Waals surface area contributed by atoms with Crippen LogP contribution in [-0.2, 0) is 0 Å². The topological polar surface area (TPSA) is 58.4 Å². The van der Waals surface area contributed by atoms with Crippen LogP contribution in [0.2, 0.25) is 0 Å².